The van der Waals surface area contributed by atoms with E-state index in [0.29, 0.717) is 0 Å². The summed E-state index contributed by atoms with van der Waals surface area (Å²) in [5, 5.41) is 1.85. The molecular formula is C13H14ClF3N2O2. The zero-order chi connectivity index (χ0) is 16.2. The molecule has 0 aromatic heterocycles. The highest BCUT2D eigenvalue weighted by Crippen LogP contribution is 2.36. The van der Waals surface area contributed by atoms with Gasteiger partial charge in [0.2, 0.25) is 11.8 Å². The van der Waals surface area contributed by atoms with Crippen LogP contribution in [-0.2, 0) is 15.8 Å². The average molecular weight is 323 g/mol. The minimum Gasteiger partial charge on any atom is -0.336 e. The van der Waals surface area contributed by atoms with Gasteiger partial charge in [-0.25, -0.2) is 0 Å². The minimum atomic E-state index is -4.60. The van der Waals surface area contributed by atoms with Crippen LogP contribution >= 0.6 is 11.6 Å². The number of carbonyl (C=O) groups is 2. The molecule has 1 rings (SSSR count). The molecule has 4 nitrogen and oxygen atoms in total. The molecule has 0 aliphatic rings. The molecule has 0 atom stereocenters. The number of halogens is 4. The highest BCUT2D eigenvalue weighted by atomic mass is 35.5. The topological polar surface area (TPSA) is 49.4 Å². The lowest BCUT2D eigenvalue weighted by molar-refractivity contribution is -0.137. The zero-order valence-electron chi connectivity index (χ0n) is 11.4. The van der Waals surface area contributed by atoms with Crippen LogP contribution in [0.1, 0.15) is 18.9 Å². The first kappa shape index (κ1) is 17.3. The first-order valence-corrected chi connectivity index (χ1v) is 6.43. The average Bonchev–Trinajstić information content (AvgIpc) is 2.38. The normalized spacial score (nSPS) is 11.1. The summed E-state index contributed by atoms with van der Waals surface area (Å²) >= 11 is 5.48. The second-order valence-electron chi connectivity index (χ2n) is 4.34. The zero-order valence-corrected chi connectivity index (χ0v) is 12.2. The Balaban J connectivity index is 2.80. The number of rotatable bonds is 4. The first-order chi connectivity index (χ1) is 9.65. The Labute approximate surface area is 124 Å². The van der Waals surface area contributed by atoms with Crippen molar-refractivity contribution in [3.63, 3.8) is 0 Å². The Hall–Kier alpha value is -1.76. The van der Waals surface area contributed by atoms with Crippen molar-refractivity contribution in [1.29, 1.82) is 0 Å². The van der Waals surface area contributed by atoms with Crippen LogP contribution in [-0.4, -0.2) is 30.3 Å². The van der Waals surface area contributed by atoms with Crippen molar-refractivity contribution in [3.8, 4) is 0 Å². The summed E-state index contributed by atoms with van der Waals surface area (Å²) in [6.07, 6.45) is -4.37. The maximum Gasteiger partial charge on any atom is 0.417 e. The first-order valence-electron chi connectivity index (χ1n) is 6.05. The Morgan fingerprint density at radius 1 is 1.33 bits per heavy atom. The maximum atomic E-state index is 12.7. The van der Waals surface area contributed by atoms with Crippen LogP contribution in [0.5, 0.6) is 0 Å². The highest BCUT2D eigenvalue weighted by Gasteiger charge is 2.33. The smallest absolute Gasteiger partial charge is 0.336 e. The van der Waals surface area contributed by atoms with E-state index < -0.39 is 22.7 Å². The van der Waals surface area contributed by atoms with Gasteiger partial charge in [-0.3, -0.25) is 9.59 Å². The predicted molar refractivity (Wildman–Crippen MR) is 73.0 cm³/mol. The molecule has 0 heterocycles. The molecule has 0 bridgehead atoms. The number of amides is 2. The molecule has 0 saturated carbocycles. The summed E-state index contributed by atoms with van der Waals surface area (Å²) < 4.78 is 38.0. The van der Waals surface area contributed by atoms with Crippen LogP contribution in [0, 0.1) is 0 Å². The van der Waals surface area contributed by atoms with Gasteiger partial charge < -0.3 is 10.2 Å². The fraction of sp³-hybridized carbons (Fsp3) is 0.385. The van der Waals surface area contributed by atoms with Crippen LogP contribution in [0.15, 0.2) is 18.2 Å². The molecule has 2 amide bonds. The summed E-state index contributed by atoms with van der Waals surface area (Å²) in [5.41, 5.74) is -1.06. The third-order valence-electron chi connectivity index (χ3n) is 2.66. The van der Waals surface area contributed by atoms with Gasteiger partial charge in [0.05, 0.1) is 17.1 Å². The Bertz CT molecular complexity index is 547. The molecule has 1 N–H and O–H groups in total. The van der Waals surface area contributed by atoms with Crippen LogP contribution in [0.4, 0.5) is 18.9 Å². The number of benzene rings is 1. The second kappa shape index (κ2) is 6.80. The van der Waals surface area contributed by atoms with Crippen LogP contribution in [0.2, 0.25) is 5.02 Å². The van der Waals surface area contributed by atoms with E-state index in [0.717, 1.165) is 12.1 Å². The van der Waals surface area contributed by atoms with Gasteiger partial charge in [-0.15, -0.1) is 0 Å². The van der Waals surface area contributed by atoms with Crippen LogP contribution in [0.25, 0.3) is 0 Å². The number of alkyl halides is 3. The van der Waals surface area contributed by atoms with Gasteiger partial charge in [0.15, 0.2) is 0 Å². The molecule has 1 aromatic rings. The third kappa shape index (κ3) is 4.93. The molecular weight excluding hydrogens is 309 g/mol. The van der Waals surface area contributed by atoms with Crippen molar-refractivity contribution in [2.45, 2.75) is 19.5 Å². The van der Waals surface area contributed by atoms with E-state index in [4.69, 9.17) is 11.6 Å². The number of nitrogens with zero attached hydrogens (tertiary/aromatic N) is 1. The molecule has 0 saturated heterocycles. The number of hydrogen-bond acceptors (Lipinski definition) is 2. The summed E-state index contributed by atoms with van der Waals surface area (Å²) in [7, 11) is 1.44. The van der Waals surface area contributed by atoms with E-state index in [1.165, 1.54) is 18.0 Å². The molecule has 0 aliphatic carbocycles. The van der Waals surface area contributed by atoms with Crippen molar-refractivity contribution >= 4 is 29.1 Å². The SMILES string of the molecule is CCC(=O)N(C)CC(=O)Nc1ccc(Cl)c(C(F)(F)F)c1. The number of likely N-dealkylation sites (N-methyl/N-ethyl adjacent to an activating group) is 1. The van der Waals surface area contributed by atoms with Gasteiger partial charge in [0, 0.05) is 19.2 Å². The summed E-state index contributed by atoms with van der Waals surface area (Å²) in [6.45, 7) is 1.40. The lowest BCUT2D eigenvalue weighted by atomic mass is 10.2. The predicted octanol–water partition coefficient (Wildman–Crippen LogP) is 3.17. The van der Waals surface area contributed by atoms with Crippen LogP contribution < -0.4 is 5.32 Å². The lowest BCUT2D eigenvalue weighted by Crippen LogP contribution is -2.34. The van der Waals surface area contributed by atoms with E-state index in [1.54, 1.807) is 6.92 Å². The fourth-order valence-corrected chi connectivity index (χ4v) is 1.82. The summed E-state index contributed by atoms with van der Waals surface area (Å²) in [6, 6.07) is 3.07. The molecule has 1 aromatic carbocycles. The number of carbonyl (C=O) groups excluding carboxylic acids is 2. The molecule has 8 heteroatoms. The molecule has 116 valence electrons. The summed E-state index contributed by atoms with van der Waals surface area (Å²) in [4.78, 5) is 24.2. The van der Waals surface area contributed by atoms with E-state index in [-0.39, 0.29) is 24.6 Å². The summed E-state index contributed by atoms with van der Waals surface area (Å²) in [5.74, 6) is -0.827. The Morgan fingerprint density at radius 2 is 1.95 bits per heavy atom. The molecule has 0 aliphatic heterocycles. The quantitative estimate of drug-likeness (QED) is 0.925. The van der Waals surface area contributed by atoms with Crippen LogP contribution in [0.3, 0.4) is 0 Å². The largest absolute Gasteiger partial charge is 0.417 e. The highest BCUT2D eigenvalue weighted by molar-refractivity contribution is 6.31. The third-order valence-corrected chi connectivity index (χ3v) is 2.99. The van der Waals surface area contributed by atoms with E-state index in [2.05, 4.69) is 5.32 Å². The van der Waals surface area contributed by atoms with Gasteiger partial charge >= 0.3 is 6.18 Å². The van der Waals surface area contributed by atoms with Crippen molar-refractivity contribution in [2.24, 2.45) is 0 Å². The molecule has 0 spiro atoms. The van der Waals surface area contributed by atoms with Gasteiger partial charge in [-0.2, -0.15) is 13.2 Å². The van der Waals surface area contributed by atoms with E-state index in [1.807, 2.05) is 0 Å². The number of nitrogens with one attached hydrogen (secondary N) is 1. The molecule has 0 unspecified atom stereocenters. The van der Waals surface area contributed by atoms with Gasteiger partial charge in [0.1, 0.15) is 0 Å². The fourth-order valence-electron chi connectivity index (χ4n) is 1.59. The Morgan fingerprint density at radius 3 is 2.48 bits per heavy atom. The van der Waals surface area contributed by atoms with Crippen molar-refractivity contribution in [2.75, 3.05) is 18.9 Å². The van der Waals surface area contributed by atoms with E-state index in [9.17, 15) is 22.8 Å². The second-order valence-corrected chi connectivity index (χ2v) is 4.75. The molecule has 0 fully saturated rings. The van der Waals surface area contributed by atoms with Gasteiger partial charge in [-0.05, 0) is 18.2 Å². The minimum absolute atomic E-state index is 0.0333. The van der Waals surface area contributed by atoms with E-state index >= 15 is 0 Å². The van der Waals surface area contributed by atoms with Gasteiger partial charge in [0.25, 0.3) is 0 Å². The van der Waals surface area contributed by atoms with Crippen molar-refractivity contribution < 1.29 is 22.8 Å². The molecule has 0 radical (unpaired) electrons. The number of anilines is 1. The van der Waals surface area contributed by atoms with Gasteiger partial charge in [-0.1, -0.05) is 18.5 Å². The Kier molecular flexibility index (Phi) is 5.60. The number of hydrogen-bond donors (Lipinski definition) is 1. The van der Waals surface area contributed by atoms with Crippen molar-refractivity contribution in [1.82, 2.24) is 4.90 Å². The van der Waals surface area contributed by atoms with Crippen molar-refractivity contribution in [3.05, 3.63) is 28.8 Å². The monoisotopic (exact) mass is 322 g/mol. The maximum absolute atomic E-state index is 12.7. The lowest BCUT2D eigenvalue weighted by Gasteiger charge is -2.16. The standard InChI is InChI=1S/C13H14ClF3N2O2/c1-3-12(21)19(2)7-11(20)18-8-4-5-10(14)9(6-8)13(15,16)17/h4-6H,3,7H2,1-2H3,(H,18,20). The molecule has 21 heavy (non-hydrogen) atoms.